The fourth-order valence-corrected chi connectivity index (χ4v) is 1.57. The van der Waals surface area contributed by atoms with Crippen LogP contribution in [0.15, 0.2) is 18.2 Å². The van der Waals surface area contributed by atoms with Gasteiger partial charge in [-0.25, -0.2) is 0 Å². The third-order valence-corrected chi connectivity index (χ3v) is 2.86. The van der Waals surface area contributed by atoms with Crippen LogP contribution in [0.3, 0.4) is 0 Å². The van der Waals surface area contributed by atoms with Crippen LogP contribution in [0.25, 0.3) is 0 Å². The van der Waals surface area contributed by atoms with Crippen LogP contribution >= 0.6 is 0 Å². The van der Waals surface area contributed by atoms with Crippen molar-refractivity contribution in [2.75, 3.05) is 0 Å². The zero-order chi connectivity index (χ0) is 7.61. The molecule has 0 aliphatic heterocycles. The van der Waals surface area contributed by atoms with E-state index in [9.17, 15) is 3.74 Å². The quantitative estimate of drug-likeness (QED) is 0.562. The zero-order valence-corrected chi connectivity index (χ0v) is 6.86. The molecule has 0 aromatic heterocycles. The first-order chi connectivity index (χ1) is 4.61. The van der Waals surface area contributed by atoms with Crippen LogP contribution in [0.2, 0.25) is 0 Å². The third-order valence-electron chi connectivity index (χ3n) is 0.955. The maximum absolute atomic E-state index is 10.5. The number of benzene rings is 1. The average molecular weight is 200 g/mol. The van der Waals surface area contributed by atoms with Gasteiger partial charge in [-0.1, -0.05) is 0 Å². The predicted octanol–water partition coefficient (Wildman–Crippen LogP) is -1.15. The van der Waals surface area contributed by atoms with Gasteiger partial charge in [0.25, 0.3) is 0 Å². The second kappa shape index (κ2) is 2.62. The van der Waals surface area contributed by atoms with E-state index >= 15 is 0 Å². The molecule has 0 spiro atoms. The molecule has 1 rings (SSSR count). The molecule has 0 atom stereocenters. The van der Waals surface area contributed by atoms with E-state index in [2.05, 4.69) is 12.1 Å². The molecule has 52 valence electrons. The van der Waals surface area contributed by atoms with Crippen LogP contribution in [0.4, 0.5) is 0 Å². The van der Waals surface area contributed by atoms with Crippen molar-refractivity contribution in [3.8, 4) is 0 Å². The molecule has 1 aromatic carbocycles. The van der Waals surface area contributed by atoms with E-state index in [1.165, 1.54) is 18.2 Å². The Balaban J connectivity index is 3.09. The second-order valence-corrected chi connectivity index (χ2v) is 5.01. The first-order valence-corrected chi connectivity index (χ1v) is 5.93. The Morgan fingerprint density at radius 3 is 2.50 bits per heavy atom. The Morgan fingerprint density at radius 2 is 2.20 bits per heavy atom. The Hall–Kier alpha value is -0.502. The average Bonchev–Trinajstić information content (AvgIpc) is 1.88. The van der Waals surface area contributed by atoms with Crippen molar-refractivity contribution in [3.63, 3.8) is 0 Å². The van der Waals surface area contributed by atoms with Crippen LogP contribution in [0.1, 0.15) is 0 Å². The Bertz CT molecular complexity index is 251. The molecule has 10 heavy (non-hydrogen) atoms. The molecule has 0 amide bonds. The van der Waals surface area contributed by atoms with Gasteiger partial charge in [0.1, 0.15) is 0 Å². The topological polar surface area (TPSA) is 57.5 Å². The van der Waals surface area contributed by atoms with Crippen LogP contribution in [-0.4, -0.2) is 22.4 Å². The fraction of sp³-hybridized carbons (Fsp3) is 0. The molecule has 0 saturated heterocycles. The molecule has 0 bridgehead atoms. The zero-order valence-electron chi connectivity index (χ0n) is 4.98. The van der Waals surface area contributed by atoms with Gasteiger partial charge in [-0.3, -0.25) is 0 Å². The van der Waals surface area contributed by atoms with Gasteiger partial charge in [-0.15, -0.1) is 0 Å². The van der Waals surface area contributed by atoms with Crippen molar-refractivity contribution in [1.82, 2.24) is 0 Å². The van der Waals surface area contributed by atoms with Crippen molar-refractivity contribution >= 4 is 18.5 Å². The van der Waals surface area contributed by atoms with E-state index in [1.54, 1.807) is 0 Å². The molecule has 0 aliphatic carbocycles. The summed E-state index contributed by atoms with van der Waals surface area (Å²) in [7, 11) is 0. The molecular weight excluding hydrogens is 195 g/mol. The molecule has 0 saturated carbocycles. The normalized spacial score (nSPS) is 11.4. The van der Waals surface area contributed by atoms with Gasteiger partial charge < -0.3 is 0 Å². The van der Waals surface area contributed by atoms with E-state index in [0.29, 0.717) is 0 Å². The van der Waals surface area contributed by atoms with Gasteiger partial charge in [0.2, 0.25) is 0 Å². The predicted molar refractivity (Wildman–Crippen MR) is 34.6 cm³/mol. The van der Waals surface area contributed by atoms with Gasteiger partial charge in [0.05, 0.1) is 0 Å². The minimum atomic E-state index is -4.67. The van der Waals surface area contributed by atoms with E-state index in [0.717, 1.165) is 0 Å². The second-order valence-electron chi connectivity index (χ2n) is 1.72. The SMILES string of the molecule is O=[As](O)(O)c1[c]c[c]cc1. The number of hydrogen-bond acceptors (Lipinski definition) is 1. The van der Waals surface area contributed by atoms with Crippen molar-refractivity contribution < 1.29 is 11.9 Å². The fourth-order valence-electron chi connectivity index (χ4n) is 0.520. The van der Waals surface area contributed by atoms with Crippen LogP contribution in [0, 0.1) is 12.1 Å². The first kappa shape index (κ1) is 7.60. The molecule has 1 aromatic rings. The standard InChI is InChI=1S/C6H5AsO3/c8-7(9,10)6-4-2-1-3-5-6/h2-4H,(H2,8,9,10). The summed E-state index contributed by atoms with van der Waals surface area (Å²) in [4.78, 5) is 0. The Labute approximate surface area is 61.3 Å². The molecule has 4 heteroatoms. The molecule has 2 N–H and O–H groups in total. The summed E-state index contributed by atoms with van der Waals surface area (Å²) in [6, 6.07) is 9.16. The summed E-state index contributed by atoms with van der Waals surface area (Å²) in [5.41, 5.74) is 0. The first-order valence-electron chi connectivity index (χ1n) is 2.54. The number of hydrogen-bond donors (Lipinski definition) is 2. The van der Waals surface area contributed by atoms with Crippen LogP contribution in [0.5, 0.6) is 0 Å². The van der Waals surface area contributed by atoms with Gasteiger partial charge in [0.15, 0.2) is 0 Å². The minimum absolute atomic E-state index is 0.0307. The Morgan fingerprint density at radius 1 is 1.50 bits per heavy atom. The summed E-state index contributed by atoms with van der Waals surface area (Å²) in [5.74, 6) is 0. The van der Waals surface area contributed by atoms with Gasteiger partial charge in [-0.05, 0) is 0 Å². The Kier molecular flexibility index (Phi) is 1.99. The van der Waals surface area contributed by atoms with E-state index in [1.807, 2.05) is 0 Å². The molecule has 0 heterocycles. The summed E-state index contributed by atoms with van der Waals surface area (Å²) in [6.45, 7) is 0. The summed E-state index contributed by atoms with van der Waals surface area (Å²) < 4.78 is 27.7. The van der Waals surface area contributed by atoms with Gasteiger partial charge in [-0.2, -0.15) is 0 Å². The van der Waals surface area contributed by atoms with Crippen molar-refractivity contribution in [2.45, 2.75) is 0 Å². The summed E-state index contributed by atoms with van der Waals surface area (Å²) in [6.07, 6.45) is 0. The van der Waals surface area contributed by atoms with Gasteiger partial charge >= 0.3 is 60.8 Å². The maximum atomic E-state index is 10.5. The van der Waals surface area contributed by atoms with Gasteiger partial charge in [0, 0.05) is 0 Å². The summed E-state index contributed by atoms with van der Waals surface area (Å²) in [5, 5.41) is 0. The van der Waals surface area contributed by atoms with Crippen LogP contribution in [-0.2, 0) is 3.74 Å². The number of rotatable bonds is 1. The van der Waals surface area contributed by atoms with E-state index < -0.39 is 14.2 Å². The summed E-state index contributed by atoms with van der Waals surface area (Å²) >= 11 is -4.67. The molecule has 3 nitrogen and oxygen atoms in total. The molecule has 2 radical (unpaired) electrons. The van der Waals surface area contributed by atoms with Crippen molar-refractivity contribution in [1.29, 1.82) is 0 Å². The molecular formula is C6H5AsO3. The van der Waals surface area contributed by atoms with E-state index in [4.69, 9.17) is 8.19 Å². The van der Waals surface area contributed by atoms with Crippen molar-refractivity contribution in [3.05, 3.63) is 30.3 Å². The molecule has 0 aliphatic rings. The van der Waals surface area contributed by atoms with Crippen LogP contribution < -0.4 is 4.35 Å². The van der Waals surface area contributed by atoms with Crippen molar-refractivity contribution in [2.24, 2.45) is 0 Å². The van der Waals surface area contributed by atoms with E-state index in [-0.39, 0.29) is 4.35 Å². The molecule has 0 unspecified atom stereocenters. The third kappa shape index (κ3) is 1.74. The molecule has 0 fully saturated rings. The monoisotopic (exact) mass is 200 g/mol.